The van der Waals surface area contributed by atoms with Crippen LogP contribution in [0.1, 0.15) is 18.4 Å². The van der Waals surface area contributed by atoms with Crippen LogP contribution >= 0.6 is 0 Å². The number of rotatable bonds is 3. The highest BCUT2D eigenvalue weighted by atomic mass is 16.7. The predicted molar refractivity (Wildman–Crippen MR) is 59.6 cm³/mol. The molecule has 0 radical (unpaired) electrons. The zero-order valence-corrected chi connectivity index (χ0v) is 9.56. The van der Waals surface area contributed by atoms with E-state index < -0.39 is 0 Å². The Labute approximate surface area is 95.0 Å². The summed E-state index contributed by atoms with van der Waals surface area (Å²) in [7, 11) is 3.22. The summed E-state index contributed by atoms with van der Waals surface area (Å²) >= 11 is 0. The fourth-order valence-corrected chi connectivity index (χ4v) is 2.87. The van der Waals surface area contributed by atoms with Crippen LogP contribution in [-0.4, -0.2) is 25.1 Å². The molecule has 0 bridgehead atoms. The second-order valence-electron chi connectivity index (χ2n) is 4.87. The summed E-state index contributed by atoms with van der Waals surface area (Å²) in [5.74, 6) is 0.124. The lowest BCUT2D eigenvalue weighted by Crippen LogP contribution is -2.29. The Morgan fingerprint density at radius 3 is 2.50 bits per heavy atom. The third-order valence-corrected chi connectivity index (χ3v) is 4.17. The van der Waals surface area contributed by atoms with E-state index in [1.165, 1.54) is 17.7 Å². The number of carbonyl (C=O) groups excluding carboxylic acids is 1. The molecule has 3 rings (SSSR count). The first-order valence-corrected chi connectivity index (χ1v) is 5.54. The monoisotopic (exact) mass is 217 g/mol. The van der Waals surface area contributed by atoms with Gasteiger partial charge >= 0.3 is 0 Å². The van der Waals surface area contributed by atoms with E-state index in [0.717, 1.165) is 12.8 Å². The van der Waals surface area contributed by atoms with Crippen molar-refractivity contribution in [3.8, 4) is 0 Å². The van der Waals surface area contributed by atoms with E-state index in [1.807, 2.05) is 18.2 Å². The quantitative estimate of drug-likeness (QED) is 0.722. The third-order valence-electron chi connectivity index (χ3n) is 4.17. The molecule has 3 nitrogen and oxygen atoms in total. The molecule has 1 aromatic carbocycles. The zero-order valence-electron chi connectivity index (χ0n) is 9.56. The largest absolute Gasteiger partial charge is 0.275 e. The fraction of sp³-hybridized carbons (Fsp3) is 0.462. The Morgan fingerprint density at radius 1 is 1.31 bits per heavy atom. The molecule has 0 unspecified atom stereocenters. The molecule has 84 valence electrons. The summed E-state index contributed by atoms with van der Waals surface area (Å²) in [6, 6.07) is 10.3. The van der Waals surface area contributed by atoms with Crippen molar-refractivity contribution in [2.45, 2.75) is 18.3 Å². The van der Waals surface area contributed by atoms with Crippen LogP contribution in [0.4, 0.5) is 0 Å². The second-order valence-corrected chi connectivity index (χ2v) is 4.87. The molecule has 1 aromatic rings. The summed E-state index contributed by atoms with van der Waals surface area (Å²) in [5, 5.41) is 1.36. The van der Waals surface area contributed by atoms with Crippen LogP contribution in [0.2, 0.25) is 0 Å². The van der Waals surface area contributed by atoms with E-state index in [1.54, 1.807) is 7.05 Å². The molecule has 0 spiro atoms. The number of hydrogen-bond acceptors (Lipinski definition) is 2. The van der Waals surface area contributed by atoms with E-state index in [9.17, 15) is 4.79 Å². The number of amides is 1. The van der Waals surface area contributed by atoms with Crippen LogP contribution in [0, 0.1) is 5.41 Å². The van der Waals surface area contributed by atoms with Crippen molar-refractivity contribution >= 4 is 5.91 Å². The van der Waals surface area contributed by atoms with Crippen LogP contribution in [0.5, 0.6) is 0 Å². The summed E-state index contributed by atoms with van der Waals surface area (Å²) < 4.78 is 0. The maximum absolute atomic E-state index is 12.1. The van der Waals surface area contributed by atoms with Crippen molar-refractivity contribution in [2.24, 2.45) is 5.41 Å². The first-order valence-electron chi connectivity index (χ1n) is 5.54. The van der Waals surface area contributed by atoms with E-state index in [2.05, 4.69) is 12.1 Å². The van der Waals surface area contributed by atoms with Crippen LogP contribution in [0.3, 0.4) is 0 Å². The molecule has 16 heavy (non-hydrogen) atoms. The summed E-state index contributed by atoms with van der Waals surface area (Å²) in [5.41, 5.74) is 1.30. The molecule has 0 heterocycles. The molecule has 0 atom stereocenters. The maximum Gasteiger partial charge on any atom is 0.253 e. The number of nitrogens with zero attached hydrogens (tertiary/aromatic N) is 1. The minimum absolute atomic E-state index is 0.124. The number of hydrogen-bond donors (Lipinski definition) is 0. The third kappa shape index (κ3) is 0.990. The molecule has 0 saturated heterocycles. The SMILES string of the molecule is CON(C)C(=O)C12CC1(c1ccccc1)C2. The summed E-state index contributed by atoms with van der Waals surface area (Å²) in [4.78, 5) is 17.0. The Hall–Kier alpha value is -1.35. The first kappa shape index (κ1) is 9.85. The van der Waals surface area contributed by atoms with Gasteiger partial charge in [0.25, 0.3) is 5.91 Å². The highest BCUT2D eigenvalue weighted by Crippen LogP contribution is 2.86. The lowest BCUT2D eigenvalue weighted by Gasteiger charge is -2.14. The Kier molecular flexibility index (Phi) is 1.76. The van der Waals surface area contributed by atoms with Crippen molar-refractivity contribution < 1.29 is 9.63 Å². The van der Waals surface area contributed by atoms with Crippen LogP contribution in [0.25, 0.3) is 0 Å². The maximum atomic E-state index is 12.1. The molecular weight excluding hydrogens is 202 g/mol. The number of hydroxylamine groups is 2. The van der Waals surface area contributed by atoms with E-state index in [0.29, 0.717) is 0 Å². The lowest BCUT2D eigenvalue weighted by molar-refractivity contribution is -0.172. The van der Waals surface area contributed by atoms with Gasteiger partial charge in [-0.2, -0.15) is 0 Å². The molecule has 2 aliphatic rings. The zero-order chi connectivity index (χ0) is 11.4. The van der Waals surface area contributed by atoms with Gasteiger partial charge in [-0.3, -0.25) is 9.63 Å². The molecular formula is C13H15NO2. The van der Waals surface area contributed by atoms with Gasteiger partial charge < -0.3 is 0 Å². The van der Waals surface area contributed by atoms with Gasteiger partial charge in [0, 0.05) is 12.5 Å². The van der Waals surface area contributed by atoms with Crippen molar-refractivity contribution in [3.05, 3.63) is 35.9 Å². The van der Waals surface area contributed by atoms with E-state index in [-0.39, 0.29) is 16.7 Å². The van der Waals surface area contributed by atoms with Crippen molar-refractivity contribution in [3.63, 3.8) is 0 Å². The van der Waals surface area contributed by atoms with Crippen LogP contribution < -0.4 is 0 Å². The molecule has 0 aromatic heterocycles. The van der Waals surface area contributed by atoms with Crippen molar-refractivity contribution in [1.82, 2.24) is 5.06 Å². The first-order chi connectivity index (χ1) is 7.66. The Balaban J connectivity index is 1.83. The van der Waals surface area contributed by atoms with Gasteiger partial charge in [0.05, 0.1) is 12.5 Å². The van der Waals surface area contributed by atoms with Gasteiger partial charge in [-0.1, -0.05) is 30.3 Å². The van der Waals surface area contributed by atoms with E-state index in [4.69, 9.17) is 4.84 Å². The van der Waals surface area contributed by atoms with Gasteiger partial charge in [0.2, 0.25) is 0 Å². The van der Waals surface area contributed by atoms with Gasteiger partial charge in [0.1, 0.15) is 0 Å². The van der Waals surface area contributed by atoms with Crippen LogP contribution in [0.15, 0.2) is 30.3 Å². The standard InChI is InChI=1S/C13H15NO2/c1-14(16-2)11(15)13-8-12(13,9-13)10-6-4-3-5-7-10/h3-7H,8-9H2,1-2H3. The number of fused-ring (bicyclic) bond motifs is 1. The molecule has 0 N–H and O–H groups in total. The average molecular weight is 217 g/mol. The van der Waals surface area contributed by atoms with Crippen molar-refractivity contribution in [2.75, 3.05) is 14.2 Å². The minimum Gasteiger partial charge on any atom is -0.275 e. The topological polar surface area (TPSA) is 29.5 Å². The normalized spacial score (nSPS) is 34.1. The summed E-state index contributed by atoms with van der Waals surface area (Å²) in [6.45, 7) is 0. The van der Waals surface area contributed by atoms with Crippen molar-refractivity contribution in [1.29, 1.82) is 0 Å². The molecule has 1 amide bonds. The van der Waals surface area contributed by atoms with Crippen LogP contribution in [-0.2, 0) is 15.0 Å². The number of carbonyl (C=O) groups is 1. The van der Waals surface area contributed by atoms with Gasteiger partial charge in [-0.25, -0.2) is 5.06 Å². The van der Waals surface area contributed by atoms with Gasteiger partial charge in [0.15, 0.2) is 0 Å². The Bertz CT molecular complexity index is 435. The lowest BCUT2D eigenvalue weighted by atomic mass is 10.0. The molecule has 0 aliphatic heterocycles. The number of benzene rings is 1. The highest BCUT2D eigenvalue weighted by molar-refractivity contribution is 5.94. The smallest absolute Gasteiger partial charge is 0.253 e. The molecule has 2 fully saturated rings. The fourth-order valence-electron chi connectivity index (χ4n) is 2.87. The highest BCUT2D eigenvalue weighted by Gasteiger charge is 2.88. The minimum atomic E-state index is -0.140. The Morgan fingerprint density at radius 2 is 1.94 bits per heavy atom. The molecule has 2 saturated carbocycles. The average Bonchev–Trinajstić information content (AvgIpc) is 3.14. The predicted octanol–water partition coefficient (Wildman–Crippen LogP) is 1.74. The molecule has 2 aliphatic carbocycles. The summed E-state index contributed by atoms with van der Waals surface area (Å²) in [6.07, 6.45) is 1.97. The van der Waals surface area contributed by atoms with E-state index >= 15 is 0 Å². The molecule has 3 heteroatoms. The van der Waals surface area contributed by atoms with Gasteiger partial charge in [-0.15, -0.1) is 0 Å². The second kappa shape index (κ2) is 2.86. The van der Waals surface area contributed by atoms with Gasteiger partial charge in [-0.05, 0) is 18.4 Å².